The zero-order chi connectivity index (χ0) is 13.8. The summed E-state index contributed by atoms with van der Waals surface area (Å²) >= 11 is 5.90. The van der Waals surface area contributed by atoms with Gasteiger partial charge in [-0.2, -0.15) is 0 Å². The molecule has 0 aliphatic carbocycles. The van der Waals surface area contributed by atoms with Gasteiger partial charge in [0.1, 0.15) is 5.82 Å². The molecule has 0 saturated heterocycles. The van der Waals surface area contributed by atoms with Crippen LogP contribution >= 0.6 is 11.6 Å². The van der Waals surface area contributed by atoms with Crippen molar-refractivity contribution in [3.63, 3.8) is 0 Å². The number of amides is 1. The van der Waals surface area contributed by atoms with E-state index < -0.39 is 5.82 Å². The van der Waals surface area contributed by atoms with Crippen LogP contribution in [0.25, 0.3) is 0 Å². The van der Waals surface area contributed by atoms with Crippen molar-refractivity contribution in [2.24, 2.45) is 0 Å². The second-order valence-corrected chi connectivity index (χ2v) is 4.70. The third kappa shape index (κ3) is 3.55. The van der Waals surface area contributed by atoms with Crippen LogP contribution < -0.4 is 5.32 Å². The lowest BCUT2D eigenvalue weighted by Gasteiger charge is -2.14. The Kier molecular flexibility index (Phi) is 4.17. The lowest BCUT2D eigenvalue weighted by Crippen LogP contribution is -2.26. The van der Waals surface area contributed by atoms with Crippen LogP contribution in [-0.4, -0.2) is 5.91 Å². The summed E-state index contributed by atoms with van der Waals surface area (Å²) in [4.78, 5) is 12.0. The summed E-state index contributed by atoms with van der Waals surface area (Å²) in [5.74, 6) is -0.741. The third-order valence-corrected chi connectivity index (χ3v) is 3.02. The zero-order valence-electron chi connectivity index (χ0n) is 10.4. The van der Waals surface area contributed by atoms with E-state index in [0.29, 0.717) is 10.6 Å². The van der Waals surface area contributed by atoms with Gasteiger partial charge in [0.25, 0.3) is 5.91 Å². The van der Waals surface area contributed by atoms with Crippen LogP contribution in [0.3, 0.4) is 0 Å². The standard InChI is InChI=1S/C15H13ClFNO/c1-10(11-4-2-6-13(16)8-11)18-15(19)12-5-3-7-14(17)9-12/h2-10H,1H3,(H,18,19)/t10-/m0/s1. The van der Waals surface area contributed by atoms with Gasteiger partial charge in [-0.1, -0.05) is 29.8 Å². The second kappa shape index (κ2) is 5.85. The maximum Gasteiger partial charge on any atom is 0.251 e. The molecule has 19 heavy (non-hydrogen) atoms. The monoisotopic (exact) mass is 277 g/mol. The molecule has 0 unspecified atom stereocenters. The van der Waals surface area contributed by atoms with Crippen LogP contribution in [0.5, 0.6) is 0 Å². The highest BCUT2D eigenvalue weighted by molar-refractivity contribution is 6.30. The smallest absolute Gasteiger partial charge is 0.251 e. The molecule has 1 N–H and O–H groups in total. The van der Waals surface area contributed by atoms with Gasteiger partial charge >= 0.3 is 0 Å². The van der Waals surface area contributed by atoms with Gasteiger partial charge < -0.3 is 5.32 Å². The van der Waals surface area contributed by atoms with E-state index in [9.17, 15) is 9.18 Å². The summed E-state index contributed by atoms with van der Waals surface area (Å²) in [6.45, 7) is 1.85. The molecule has 98 valence electrons. The van der Waals surface area contributed by atoms with E-state index in [-0.39, 0.29) is 11.9 Å². The Bertz CT molecular complexity index is 600. The van der Waals surface area contributed by atoms with Crippen molar-refractivity contribution in [1.29, 1.82) is 0 Å². The number of nitrogens with one attached hydrogen (secondary N) is 1. The number of carbonyl (C=O) groups is 1. The minimum atomic E-state index is -0.428. The summed E-state index contributed by atoms with van der Waals surface area (Å²) in [6, 6.07) is 12.7. The molecule has 2 aromatic carbocycles. The van der Waals surface area contributed by atoms with Gasteiger partial charge in [-0.05, 0) is 42.8 Å². The Hall–Kier alpha value is -1.87. The summed E-state index contributed by atoms with van der Waals surface area (Å²) in [7, 11) is 0. The first-order chi connectivity index (χ1) is 9.06. The maximum atomic E-state index is 13.0. The van der Waals surface area contributed by atoms with Crippen molar-refractivity contribution in [3.8, 4) is 0 Å². The largest absolute Gasteiger partial charge is 0.346 e. The highest BCUT2D eigenvalue weighted by Gasteiger charge is 2.12. The molecular weight excluding hydrogens is 265 g/mol. The van der Waals surface area contributed by atoms with Crippen molar-refractivity contribution in [1.82, 2.24) is 5.32 Å². The van der Waals surface area contributed by atoms with Crippen LogP contribution in [0, 0.1) is 5.82 Å². The summed E-state index contributed by atoms with van der Waals surface area (Å²) in [6.07, 6.45) is 0. The van der Waals surface area contributed by atoms with E-state index in [4.69, 9.17) is 11.6 Å². The van der Waals surface area contributed by atoms with Gasteiger partial charge in [-0.25, -0.2) is 4.39 Å². The summed E-state index contributed by atoms with van der Waals surface area (Å²) in [5, 5.41) is 3.42. The van der Waals surface area contributed by atoms with Gasteiger partial charge in [0, 0.05) is 10.6 Å². The first-order valence-corrected chi connectivity index (χ1v) is 6.26. The number of halogens is 2. The number of rotatable bonds is 3. The van der Waals surface area contributed by atoms with Crippen molar-refractivity contribution < 1.29 is 9.18 Å². The molecular formula is C15H13ClFNO. The maximum absolute atomic E-state index is 13.0. The van der Waals surface area contributed by atoms with Crippen LogP contribution in [0.4, 0.5) is 4.39 Å². The average molecular weight is 278 g/mol. The summed E-state index contributed by atoms with van der Waals surface area (Å²) < 4.78 is 13.0. The minimum Gasteiger partial charge on any atom is -0.346 e. The van der Waals surface area contributed by atoms with E-state index in [1.807, 2.05) is 19.1 Å². The Morgan fingerprint density at radius 2 is 1.95 bits per heavy atom. The van der Waals surface area contributed by atoms with Crippen molar-refractivity contribution in [2.75, 3.05) is 0 Å². The molecule has 0 aliphatic rings. The lowest BCUT2D eigenvalue weighted by molar-refractivity contribution is 0.0939. The number of hydrogen-bond donors (Lipinski definition) is 1. The molecule has 2 aromatic rings. The molecule has 1 atom stereocenters. The zero-order valence-corrected chi connectivity index (χ0v) is 11.1. The second-order valence-electron chi connectivity index (χ2n) is 4.26. The molecule has 2 rings (SSSR count). The molecule has 0 fully saturated rings. The molecule has 2 nitrogen and oxygen atoms in total. The lowest BCUT2D eigenvalue weighted by atomic mass is 10.1. The Balaban J connectivity index is 2.11. The first kappa shape index (κ1) is 13.6. The fraction of sp³-hybridized carbons (Fsp3) is 0.133. The molecule has 0 aromatic heterocycles. The van der Waals surface area contributed by atoms with Gasteiger partial charge in [-0.15, -0.1) is 0 Å². The third-order valence-electron chi connectivity index (χ3n) is 2.78. The van der Waals surface area contributed by atoms with Gasteiger partial charge in [0.05, 0.1) is 6.04 Å². The first-order valence-electron chi connectivity index (χ1n) is 5.88. The molecule has 0 saturated carbocycles. The van der Waals surface area contributed by atoms with E-state index >= 15 is 0 Å². The molecule has 0 aliphatic heterocycles. The molecule has 1 amide bonds. The van der Waals surface area contributed by atoms with Gasteiger partial charge in [0.2, 0.25) is 0 Å². The van der Waals surface area contributed by atoms with Gasteiger partial charge in [-0.3, -0.25) is 4.79 Å². The highest BCUT2D eigenvalue weighted by Crippen LogP contribution is 2.17. The topological polar surface area (TPSA) is 29.1 Å². The quantitative estimate of drug-likeness (QED) is 0.904. The highest BCUT2D eigenvalue weighted by atomic mass is 35.5. The molecule has 0 bridgehead atoms. The Morgan fingerprint density at radius 3 is 2.63 bits per heavy atom. The van der Waals surface area contributed by atoms with E-state index in [2.05, 4.69) is 5.32 Å². The fourth-order valence-electron chi connectivity index (χ4n) is 1.77. The molecule has 0 heterocycles. The van der Waals surface area contributed by atoms with Crippen LogP contribution in [0.15, 0.2) is 48.5 Å². The SMILES string of the molecule is C[C@H](NC(=O)c1cccc(F)c1)c1cccc(Cl)c1. The van der Waals surface area contributed by atoms with Crippen LogP contribution in [0.2, 0.25) is 5.02 Å². The van der Waals surface area contributed by atoms with Crippen LogP contribution in [-0.2, 0) is 0 Å². The fourth-order valence-corrected chi connectivity index (χ4v) is 1.97. The number of hydrogen-bond acceptors (Lipinski definition) is 1. The van der Waals surface area contributed by atoms with Crippen molar-refractivity contribution in [3.05, 3.63) is 70.5 Å². The predicted octanol–water partition coefficient (Wildman–Crippen LogP) is 3.97. The normalized spacial score (nSPS) is 11.9. The van der Waals surface area contributed by atoms with E-state index in [1.165, 1.54) is 18.2 Å². The number of benzene rings is 2. The van der Waals surface area contributed by atoms with Crippen LogP contribution in [0.1, 0.15) is 28.9 Å². The van der Waals surface area contributed by atoms with E-state index in [0.717, 1.165) is 5.56 Å². The van der Waals surface area contributed by atoms with E-state index in [1.54, 1.807) is 18.2 Å². The Morgan fingerprint density at radius 1 is 1.21 bits per heavy atom. The number of carbonyl (C=O) groups excluding carboxylic acids is 1. The van der Waals surface area contributed by atoms with Gasteiger partial charge in [0.15, 0.2) is 0 Å². The molecule has 0 spiro atoms. The predicted molar refractivity (Wildman–Crippen MR) is 73.7 cm³/mol. The molecule has 0 radical (unpaired) electrons. The van der Waals surface area contributed by atoms with Crippen molar-refractivity contribution >= 4 is 17.5 Å². The minimum absolute atomic E-state index is 0.200. The average Bonchev–Trinajstić information content (AvgIpc) is 2.38. The summed E-state index contributed by atoms with van der Waals surface area (Å²) in [5.41, 5.74) is 1.20. The van der Waals surface area contributed by atoms with Crippen molar-refractivity contribution in [2.45, 2.75) is 13.0 Å². The molecule has 4 heteroatoms. The Labute approximate surface area is 116 Å².